The van der Waals surface area contributed by atoms with Crippen molar-refractivity contribution in [1.29, 1.82) is 0 Å². The predicted octanol–water partition coefficient (Wildman–Crippen LogP) is 2.48. The lowest BCUT2D eigenvalue weighted by molar-refractivity contribution is -0.117. The number of nitrogens with one attached hydrogen (secondary N) is 2. The number of hydrogen-bond acceptors (Lipinski definition) is 3. The number of hydrogen-bond donors (Lipinski definition) is 2. The van der Waals surface area contributed by atoms with Crippen LogP contribution in [0.15, 0.2) is 18.2 Å². The van der Waals surface area contributed by atoms with Gasteiger partial charge >= 0.3 is 0 Å². The van der Waals surface area contributed by atoms with E-state index in [0.29, 0.717) is 0 Å². The van der Waals surface area contributed by atoms with Crippen molar-refractivity contribution in [3.05, 3.63) is 23.8 Å². The number of rotatable bonds is 3. The van der Waals surface area contributed by atoms with E-state index in [2.05, 4.69) is 23.0 Å². The van der Waals surface area contributed by atoms with Gasteiger partial charge in [-0.2, -0.15) is 11.8 Å². The third kappa shape index (κ3) is 2.32. The summed E-state index contributed by atoms with van der Waals surface area (Å²) in [6.07, 6.45) is 2.92. The van der Waals surface area contributed by atoms with Crippen LogP contribution in [0.1, 0.15) is 12.0 Å². The second-order valence-corrected chi connectivity index (χ2v) is 5.00. The molecule has 16 heavy (non-hydrogen) atoms. The van der Waals surface area contributed by atoms with Crippen LogP contribution in [0.4, 0.5) is 11.4 Å². The molecule has 0 saturated heterocycles. The molecule has 1 amide bonds. The Balaban J connectivity index is 2.15. The van der Waals surface area contributed by atoms with Crippen LogP contribution in [-0.4, -0.2) is 24.0 Å². The minimum Gasteiger partial charge on any atom is -0.372 e. The molecule has 0 fully saturated rings. The molecule has 1 aliphatic rings. The standard InChI is InChI=1S/C12H16N2OS/c1-8-3-4-9-11(7-8)14-12(15)10(13-9)5-6-16-2/h3-4,7,10,13H,5-6H2,1-2H3,(H,14,15). The molecule has 0 spiro atoms. The molecule has 0 saturated carbocycles. The van der Waals surface area contributed by atoms with Gasteiger partial charge in [-0.15, -0.1) is 0 Å². The van der Waals surface area contributed by atoms with Gasteiger partial charge in [0.2, 0.25) is 5.91 Å². The van der Waals surface area contributed by atoms with Gasteiger partial charge in [-0.25, -0.2) is 0 Å². The van der Waals surface area contributed by atoms with Crippen molar-refractivity contribution in [1.82, 2.24) is 0 Å². The molecule has 2 N–H and O–H groups in total. The predicted molar refractivity (Wildman–Crippen MR) is 70.2 cm³/mol. The molecule has 1 aromatic carbocycles. The van der Waals surface area contributed by atoms with E-state index >= 15 is 0 Å². The zero-order valence-electron chi connectivity index (χ0n) is 9.54. The lowest BCUT2D eigenvalue weighted by atomic mass is 10.1. The molecule has 3 nitrogen and oxygen atoms in total. The highest BCUT2D eigenvalue weighted by Gasteiger charge is 2.24. The lowest BCUT2D eigenvalue weighted by Crippen LogP contribution is -2.39. The van der Waals surface area contributed by atoms with E-state index in [4.69, 9.17) is 0 Å². The molecule has 0 bridgehead atoms. The summed E-state index contributed by atoms with van der Waals surface area (Å²) in [5.41, 5.74) is 3.07. The topological polar surface area (TPSA) is 41.1 Å². The normalized spacial score (nSPS) is 18.6. The van der Waals surface area contributed by atoms with Crippen molar-refractivity contribution < 1.29 is 4.79 Å². The zero-order chi connectivity index (χ0) is 11.5. The van der Waals surface area contributed by atoms with E-state index in [-0.39, 0.29) is 11.9 Å². The molecule has 1 aliphatic heterocycles. The van der Waals surface area contributed by atoms with Crippen LogP contribution in [0.3, 0.4) is 0 Å². The van der Waals surface area contributed by atoms with Crippen molar-refractivity contribution >= 4 is 29.0 Å². The Morgan fingerprint density at radius 2 is 2.19 bits per heavy atom. The van der Waals surface area contributed by atoms with Crippen LogP contribution in [0.25, 0.3) is 0 Å². The fourth-order valence-electron chi connectivity index (χ4n) is 1.80. The van der Waals surface area contributed by atoms with Gasteiger partial charge in [0.05, 0.1) is 11.4 Å². The summed E-state index contributed by atoms with van der Waals surface area (Å²) in [5.74, 6) is 1.07. The number of carbonyl (C=O) groups is 1. The van der Waals surface area contributed by atoms with Crippen molar-refractivity contribution in [2.75, 3.05) is 22.6 Å². The van der Waals surface area contributed by atoms with Gasteiger partial charge in [-0.1, -0.05) is 6.07 Å². The number of carbonyl (C=O) groups excluding carboxylic acids is 1. The van der Waals surface area contributed by atoms with E-state index in [1.807, 2.05) is 19.1 Å². The summed E-state index contributed by atoms with van der Waals surface area (Å²) >= 11 is 1.76. The summed E-state index contributed by atoms with van der Waals surface area (Å²) in [6, 6.07) is 5.97. The molecule has 4 heteroatoms. The van der Waals surface area contributed by atoms with E-state index in [0.717, 1.165) is 29.1 Å². The SMILES string of the molecule is CSCCC1Nc2ccc(C)cc2NC1=O. The Hall–Kier alpha value is -1.16. The largest absolute Gasteiger partial charge is 0.372 e. The number of thioether (sulfide) groups is 1. The van der Waals surface area contributed by atoms with Gasteiger partial charge in [0, 0.05) is 0 Å². The molecular formula is C12H16N2OS. The van der Waals surface area contributed by atoms with Crippen molar-refractivity contribution in [3.8, 4) is 0 Å². The number of benzene rings is 1. The summed E-state index contributed by atoms with van der Waals surface area (Å²) in [4.78, 5) is 11.8. The van der Waals surface area contributed by atoms with E-state index in [1.165, 1.54) is 0 Å². The van der Waals surface area contributed by atoms with Crippen LogP contribution in [0.2, 0.25) is 0 Å². The van der Waals surface area contributed by atoms with E-state index in [1.54, 1.807) is 11.8 Å². The minimum absolute atomic E-state index is 0.0761. The Bertz CT molecular complexity index is 406. The summed E-state index contributed by atoms with van der Waals surface area (Å²) in [6.45, 7) is 2.02. The van der Waals surface area contributed by atoms with Gasteiger partial charge in [0.1, 0.15) is 6.04 Å². The van der Waals surface area contributed by atoms with Crippen LogP contribution in [-0.2, 0) is 4.79 Å². The average Bonchev–Trinajstić information content (AvgIpc) is 2.26. The van der Waals surface area contributed by atoms with Crippen LogP contribution in [0.5, 0.6) is 0 Å². The van der Waals surface area contributed by atoms with Crippen LogP contribution < -0.4 is 10.6 Å². The first-order valence-corrected chi connectivity index (χ1v) is 6.77. The second kappa shape index (κ2) is 4.78. The number of amides is 1. The molecule has 1 heterocycles. The Labute approximate surface area is 100.0 Å². The fraction of sp³-hybridized carbons (Fsp3) is 0.417. The Morgan fingerprint density at radius 1 is 1.38 bits per heavy atom. The maximum atomic E-state index is 11.8. The van der Waals surface area contributed by atoms with Crippen molar-refractivity contribution in [2.24, 2.45) is 0 Å². The van der Waals surface area contributed by atoms with Crippen LogP contribution in [0, 0.1) is 6.92 Å². The quantitative estimate of drug-likeness (QED) is 0.847. The third-order valence-corrected chi connectivity index (χ3v) is 3.33. The first-order chi connectivity index (χ1) is 7.70. The second-order valence-electron chi connectivity index (χ2n) is 4.02. The monoisotopic (exact) mass is 236 g/mol. The number of aryl methyl sites for hydroxylation is 1. The molecule has 0 radical (unpaired) electrons. The fourth-order valence-corrected chi connectivity index (χ4v) is 2.27. The minimum atomic E-state index is -0.0948. The van der Waals surface area contributed by atoms with Gasteiger partial charge in [-0.3, -0.25) is 4.79 Å². The van der Waals surface area contributed by atoms with E-state index in [9.17, 15) is 4.79 Å². The maximum absolute atomic E-state index is 11.8. The molecule has 2 rings (SSSR count). The Morgan fingerprint density at radius 3 is 2.94 bits per heavy atom. The molecule has 0 aliphatic carbocycles. The zero-order valence-corrected chi connectivity index (χ0v) is 10.4. The first-order valence-electron chi connectivity index (χ1n) is 5.37. The summed E-state index contributed by atoms with van der Waals surface area (Å²) in [7, 11) is 0. The van der Waals surface area contributed by atoms with Crippen molar-refractivity contribution in [3.63, 3.8) is 0 Å². The van der Waals surface area contributed by atoms with Gasteiger partial charge < -0.3 is 10.6 Å². The van der Waals surface area contributed by atoms with E-state index < -0.39 is 0 Å². The molecule has 86 valence electrons. The summed E-state index contributed by atoms with van der Waals surface area (Å²) in [5, 5.41) is 6.23. The van der Waals surface area contributed by atoms with Gasteiger partial charge in [-0.05, 0) is 43.0 Å². The highest BCUT2D eigenvalue weighted by Crippen LogP contribution is 2.28. The molecular weight excluding hydrogens is 220 g/mol. The van der Waals surface area contributed by atoms with Gasteiger partial charge in [0.25, 0.3) is 0 Å². The number of fused-ring (bicyclic) bond motifs is 1. The molecule has 1 unspecified atom stereocenters. The summed E-state index contributed by atoms with van der Waals surface area (Å²) < 4.78 is 0. The smallest absolute Gasteiger partial charge is 0.246 e. The molecule has 1 aromatic rings. The van der Waals surface area contributed by atoms with Crippen molar-refractivity contribution in [2.45, 2.75) is 19.4 Å². The highest BCUT2D eigenvalue weighted by atomic mass is 32.2. The third-order valence-electron chi connectivity index (χ3n) is 2.69. The Kier molecular flexibility index (Phi) is 3.39. The maximum Gasteiger partial charge on any atom is 0.246 e. The average molecular weight is 236 g/mol. The number of anilines is 2. The lowest BCUT2D eigenvalue weighted by Gasteiger charge is -2.26. The van der Waals surface area contributed by atoms with Crippen LogP contribution >= 0.6 is 11.8 Å². The highest BCUT2D eigenvalue weighted by molar-refractivity contribution is 7.98. The first kappa shape index (κ1) is 11.3. The molecule has 0 aromatic heterocycles. The molecule has 1 atom stereocenters. The van der Waals surface area contributed by atoms with Gasteiger partial charge in [0.15, 0.2) is 0 Å².